The predicted octanol–water partition coefficient (Wildman–Crippen LogP) is 4.88. The second-order valence-electron chi connectivity index (χ2n) is 5.35. The Morgan fingerprint density at radius 1 is 1.08 bits per heavy atom. The van der Waals surface area contributed by atoms with Gasteiger partial charge in [0.1, 0.15) is 22.4 Å². The van der Waals surface area contributed by atoms with E-state index in [4.69, 9.17) is 16.3 Å². The Labute approximate surface area is 165 Å². The summed E-state index contributed by atoms with van der Waals surface area (Å²) in [6.07, 6.45) is 1.43. The van der Waals surface area contributed by atoms with Crippen molar-refractivity contribution in [2.24, 2.45) is 0 Å². The predicted molar refractivity (Wildman–Crippen MR) is 105 cm³/mol. The van der Waals surface area contributed by atoms with Crippen LogP contribution in [0.3, 0.4) is 0 Å². The average Bonchev–Trinajstić information content (AvgIpc) is 2.64. The first-order valence-electron chi connectivity index (χ1n) is 7.55. The van der Waals surface area contributed by atoms with Crippen LogP contribution in [0.5, 0.6) is 5.75 Å². The number of nitrogens with one attached hydrogen (secondary N) is 1. The molecule has 5 nitrogen and oxygen atoms in total. The van der Waals surface area contributed by atoms with Crippen LogP contribution in [0.15, 0.2) is 76.2 Å². The van der Waals surface area contributed by atoms with Crippen LogP contribution >= 0.6 is 27.5 Å². The Hall–Kier alpha value is -2.09. The minimum Gasteiger partial charge on any atom is -0.489 e. The molecule has 1 N–H and O–H groups in total. The van der Waals surface area contributed by atoms with Gasteiger partial charge >= 0.3 is 0 Å². The number of rotatable bonds is 6. The molecule has 3 aromatic rings. The van der Waals surface area contributed by atoms with Crippen LogP contribution < -0.4 is 9.46 Å². The number of ether oxygens (including phenoxy) is 1. The van der Waals surface area contributed by atoms with E-state index in [0.29, 0.717) is 22.5 Å². The molecule has 1 heterocycles. The van der Waals surface area contributed by atoms with E-state index in [9.17, 15) is 8.42 Å². The Kier molecular flexibility index (Phi) is 5.80. The van der Waals surface area contributed by atoms with Gasteiger partial charge in [-0.25, -0.2) is 13.4 Å². The number of halogens is 2. The van der Waals surface area contributed by atoms with Crippen molar-refractivity contribution in [3.05, 3.63) is 82.0 Å². The Morgan fingerprint density at radius 2 is 1.77 bits per heavy atom. The van der Waals surface area contributed by atoms with Crippen molar-refractivity contribution in [3.8, 4) is 5.75 Å². The van der Waals surface area contributed by atoms with Crippen molar-refractivity contribution in [1.82, 2.24) is 4.98 Å². The van der Waals surface area contributed by atoms with Crippen molar-refractivity contribution in [2.45, 2.75) is 11.5 Å². The minimum absolute atomic E-state index is 0.0940. The molecule has 0 fully saturated rings. The molecule has 26 heavy (non-hydrogen) atoms. The molecule has 0 saturated heterocycles. The van der Waals surface area contributed by atoms with Gasteiger partial charge in [-0.3, -0.25) is 4.72 Å². The summed E-state index contributed by atoms with van der Waals surface area (Å²) in [4.78, 5) is 3.73. The summed E-state index contributed by atoms with van der Waals surface area (Å²) in [5.41, 5.74) is 1.45. The molecule has 0 bridgehead atoms. The largest absolute Gasteiger partial charge is 0.489 e. The zero-order valence-corrected chi connectivity index (χ0v) is 16.6. The number of hydrogen-bond donors (Lipinski definition) is 1. The van der Waals surface area contributed by atoms with Gasteiger partial charge in [0.05, 0.1) is 0 Å². The highest BCUT2D eigenvalue weighted by atomic mass is 79.9. The van der Waals surface area contributed by atoms with Crippen LogP contribution in [0.2, 0.25) is 5.15 Å². The van der Waals surface area contributed by atoms with E-state index in [2.05, 4.69) is 25.6 Å². The molecular weight excluding hydrogens is 440 g/mol. The van der Waals surface area contributed by atoms with Crippen LogP contribution in [0.25, 0.3) is 0 Å². The third-order valence-electron chi connectivity index (χ3n) is 3.42. The Bertz CT molecular complexity index is 997. The van der Waals surface area contributed by atoms with E-state index in [-0.39, 0.29) is 10.0 Å². The van der Waals surface area contributed by atoms with Gasteiger partial charge in [-0.2, -0.15) is 0 Å². The lowest BCUT2D eigenvalue weighted by atomic mass is 10.2. The van der Waals surface area contributed by atoms with E-state index in [1.54, 1.807) is 24.3 Å². The maximum absolute atomic E-state index is 12.5. The van der Waals surface area contributed by atoms with Crippen LogP contribution in [-0.4, -0.2) is 13.4 Å². The Morgan fingerprint density at radius 3 is 2.46 bits per heavy atom. The van der Waals surface area contributed by atoms with Crippen LogP contribution in [-0.2, 0) is 16.6 Å². The molecule has 3 rings (SSSR count). The molecule has 0 spiro atoms. The molecule has 134 valence electrons. The van der Waals surface area contributed by atoms with Crippen LogP contribution in [0.1, 0.15) is 5.56 Å². The van der Waals surface area contributed by atoms with Crippen molar-refractivity contribution < 1.29 is 13.2 Å². The van der Waals surface area contributed by atoms with Gasteiger partial charge in [0.2, 0.25) is 0 Å². The first-order valence-corrected chi connectivity index (χ1v) is 10.2. The highest BCUT2D eigenvalue weighted by Gasteiger charge is 2.19. The molecule has 2 aromatic carbocycles. The second kappa shape index (κ2) is 8.07. The van der Waals surface area contributed by atoms with Gasteiger partial charge in [-0.1, -0.05) is 41.9 Å². The summed E-state index contributed by atoms with van der Waals surface area (Å²) in [7, 11) is -3.85. The first kappa shape index (κ1) is 18.7. The Balaban J connectivity index is 1.69. The fourth-order valence-electron chi connectivity index (χ4n) is 2.16. The summed E-state index contributed by atoms with van der Waals surface area (Å²) in [5.74, 6) is 0.638. The van der Waals surface area contributed by atoms with Crippen LogP contribution in [0, 0.1) is 0 Å². The van der Waals surface area contributed by atoms with Gasteiger partial charge in [0, 0.05) is 16.4 Å². The quantitative estimate of drug-likeness (QED) is 0.540. The summed E-state index contributed by atoms with van der Waals surface area (Å²) in [6, 6.07) is 17.8. The zero-order valence-electron chi connectivity index (χ0n) is 13.4. The maximum Gasteiger partial charge on any atom is 0.265 e. The molecular formula is C18H14BrClN2O3S. The molecule has 0 atom stereocenters. The smallest absolute Gasteiger partial charge is 0.265 e. The van der Waals surface area contributed by atoms with Crippen molar-refractivity contribution >= 4 is 43.2 Å². The van der Waals surface area contributed by atoms with Gasteiger partial charge < -0.3 is 4.74 Å². The zero-order chi connectivity index (χ0) is 18.6. The molecule has 0 aliphatic rings. The lowest BCUT2D eigenvalue weighted by Crippen LogP contribution is -2.14. The standard InChI is InChI=1S/C18H14BrClN2O3S/c19-14-10-17(18(20)21-11-14)26(23,24)22-15-6-8-16(9-7-15)25-12-13-4-2-1-3-5-13/h1-11,22H,12H2. The normalized spacial score (nSPS) is 11.2. The third-order valence-corrected chi connectivity index (χ3v) is 5.66. The number of nitrogens with zero attached hydrogens (tertiary/aromatic N) is 1. The summed E-state index contributed by atoms with van der Waals surface area (Å²) in [6.45, 7) is 0.436. The number of hydrogen-bond acceptors (Lipinski definition) is 4. The van der Waals surface area contributed by atoms with Crippen molar-refractivity contribution in [1.29, 1.82) is 0 Å². The molecule has 0 radical (unpaired) electrons. The van der Waals surface area contributed by atoms with Crippen molar-refractivity contribution in [2.75, 3.05) is 4.72 Å². The SMILES string of the molecule is O=S(=O)(Nc1ccc(OCc2ccccc2)cc1)c1cc(Br)cnc1Cl. The maximum atomic E-state index is 12.5. The lowest BCUT2D eigenvalue weighted by Gasteiger charge is -2.11. The molecule has 1 aromatic heterocycles. The summed E-state index contributed by atoms with van der Waals surface area (Å²) in [5, 5.41) is -0.0940. The number of aromatic nitrogens is 1. The number of anilines is 1. The fraction of sp³-hybridized carbons (Fsp3) is 0.0556. The number of pyridine rings is 1. The highest BCUT2D eigenvalue weighted by molar-refractivity contribution is 9.10. The monoisotopic (exact) mass is 452 g/mol. The van der Waals surface area contributed by atoms with E-state index < -0.39 is 10.0 Å². The van der Waals surface area contributed by atoms with Gasteiger partial charge in [0.15, 0.2) is 0 Å². The molecule has 0 unspecified atom stereocenters. The van der Waals surface area contributed by atoms with E-state index in [1.165, 1.54) is 12.3 Å². The second-order valence-corrected chi connectivity index (χ2v) is 8.27. The highest BCUT2D eigenvalue weighted by Crippen LogP contribution is 2.26. The molecule has 0 aliphatic carbocycles. The fourth-order valence-corrected chi connectivity index (χ4v) is 4.17. The summed E-state index contributed by atoms with van der Waals surface area (Å²) < 4.78 is 33.6. The number of sulfonamides is 1. The van der Waals surface area contributed by atoms with Gasteiger partial charge in [-0.15, -0.1) is 0 Å². The van der Waals surface area contributed by atoms with Crippen LogP contribution in [0.4, 0.5) is 5.69 Å². The van der Waals surface area contributed by atoms with E-state index >= 15 is 0 Å². The topological polar surface area (TPSA) is 68.3 Å². The van der Waals surface area contributed by atoms with Gasteiger partial charge in [0.25, 0.3) is 10.0 Å². The minimum atomic E-state index is -3.85. The third kappa shape index (κ3) is 4.75. The molecule has 0 saturated carbocycles. The average molecular weight is 454 g/mol. The van der Waals surface area contributed by atoms with E-state index in [1.807, 2.05) is 30.3 Å². The number of benzene rings is 2. The summed E-state index contributed by atoms with van der Waals surface area (Å²) >= 11 is 9.09. The van der Waals surface area contributed by atoms with E-state index in [0.717, 1.165) is 5.56 Å². The molecule has 0 aliphatic heterocycles. The molecule has 0 amide bonds. The lowest BCUT2D eigenvalue weighted by molar-refractivity contribution is 0.306. The van der Waals surface area contributed by atoms with Gasteiger partial charge in [-0.05, 0) is 51.8 Å². The molecule has 8 heteroatoms. The van der Waals surface area contributed by atoms with Crippen molar-refractivity contribution in [3.63, 3.8) is 0 Å². The first-order chi connectivity index (χ1) is 12.4.